The summed E-state index contributed by atoms with van der Waals surface area (Å²) in [5, 5.41) is 13.0. The molecule has 2 fully saturated rings. The van der Waals surface area contributed by atoms with Crippen molar-refractivity contribution in [2.75, 3.05) is 6.54 Å². The smallest absolute Gasteiger partial charge is 0.105 e. The molecule has 2 aliphatic carbocycles. The predicted molar refractivity (Wildman–Crippen MR) is 78.9 cm³/mol. The van der Waals surface area contributed by atoms with Crippen LogP contribution in [0.4, 0.5) is 0 Å². The lowest BCUT2D eigenvalue weighted by atomic mass is 9.94. The molecule has 0 heterocycles. The van der Waals surface area contributed by atoms with Crippen molar-refractivity contribution in [2.24, 2.45) is 0 Å². The number of hydrogen-bond acceptors (Lipinski definition) is 3. The van der Waals surface area contributed by atoms with Gasteiger partial charge in [-0.15, -0.1) is 0 Å². The minimum Gasteiger partial charge on any atom is -0.298 e. The zero-order valence-electron chi connectivity index (χ0n) is 12.8. The second-order valence-corrected chi connectivity index (χ2v) is 6.74. The Hall–Kier alpha value is -0.590. The Labute approximate surface area is 118 Å². The van der Waals surface area contributed by atoms with Gasteiger partial charge in [0, 0.05) is 18.1 Å². The van der Waals surface area contributed by atoms with Gasteiger partial charge in [0.1, 0.15) is 5.54 Å². The highest BCUT2D eigenvalue weighted by atomic mass is 15.2. The fourth-order valence-corrected chi connectivity index (χ4v) is 3.03. The zero-order valence-corrected chi connectivity index (χ0v) is 12.8. The molecule has 2 atom stereocenters. The SMILES string of the molecule is CCCCN(C(C)CC(C)(C#N)NC1CC1)C1CC1. The molecule has 0 radical (unpaired) electrons. The second-order valence-electron chi connectivity index (χ2n) is 6.74. The van der Waals surface area contributed by atoms with E-state index in [-0.39, 0.29) is 5.54 Å². The van der Waals surface area contributed by atoms with Gasteiger partial charge in [-0.3, -0.25) is 10.2 Å². The molecule has 2 saturated carbocycles. The number of unbranched alkanes of at least 4 members (excludes halogenated alkanes) is 1. The van der Waals surface area contributed by atoms with Gasteiger partial charge in [-0.25, -0.2) is 0 Å². The van der Waals surface area contributed by atoms with Crippen molar-refractivity contribution in [3.05, 3.63) is 0 Å². The Morgan fingerprint density at radius 2 is 2.05 bits per heavy atom. The molecule has 108 valence electrons. The molecule has 3 nitrogen and oxygen atoms in total. The molecule has 0 aliphatic heterocycles. The molecule has 0 bridgehead atoms. The van der Waals surface area contributed by atoms with E-state index in [1.54, 1.807) is 0 Å². The normalized spacial score (nSPS) is 23.9. The molecule has 2 rings (SSSR count). The van der Waals surface area contributed by atoms with Gasteiger partial charge in [0.2, 0.25) is 0 Å². The van der Waals surface area contributed by atoms with Gasteiger partial charge in [-0.1, -0.05) is 13.3 Å². The van der Waals surface area contributed by atoms with Gasteiger partial charge >= 0.3 is 0 Å². The summed E-state index contributed by atoms with van der Waals surface area (Å²) >= 11 is 0. The highest BCUT2D eigenvalue weighted by molar-refractivity contribution is 5.09. The van der Waals surface area contributed by atoms with Crippen molar-refractivity contribution in [3.63, 3.8) is 0 Å². The quantitative estimate of drug-likeness (QED) is 0.695. The van der Waals surface area contributed by atoms with Crippen LogP contribution in [0.15, 0.2) is 0 Å². The van der Waals surface area contributed by atoms with E-state index >= 15 is 0 Å². The van der Waals surface area contributed by atoms with E-state index in [0.29, 0.717) is 12.1 Å². The summed E-state index contributed by atoms with van der Waals surface area (Å²) in [4.78, 5) is 2.65. The van der Waals surface area contributed by atoms with Gasteiger partial charge < -0.3 is 0 Å². The van der Waals surface area contributed by atoms with Crippen molar-refractivity contribution >= 4 is 0 Å². The van der Waals surface area contributed by atoms with E-state index in [4.69, 9.17) is 0 Å². The lowest BCUT2D eigenvalue weighted by molar-refractivity contribution is 0.164. The van der Waals surface area contributed by atoms with E-state index in [1.165, 1.54) is 45.1 Å². The van der Waals surface area contributed by atoms with Crippen LogP contribution in [-0.4, -0.2) is 35.1 Å². The van der Waals surface area contributed by atoms with Crippen molar-refractivity contribution < 1.29 is 0 Å². The molecule has 0 saturated heterocycles. The van der Waals surface area contributed by atoms with Crippen molar-refractivity contribution in [1.82, 2.24) is 10.2 Å². The maximum atomic E-state index is 9.49. The van der Waals surface area contributed by atoms with Gasteiger partial charge in [0.25, 0.3) is 0 Å². The first-order valence-corrected chi connectivity index (χ1v) is 8.02. The average Bonchev–Trinajstić information content (AvgIpc) is 3.23. The molecule has 0 amide bonds. The molecule has 3 heteroatoms. The summed E-state index contributed by atoms with van der Waals surface area (Å²) in [6, 6.07) is 4.42. The van der Waals surface area contributed by atoms with Crippen LogP contribution in [0.5, 0.6) is 0 Å². The molecular weight excluding hydrogens is 234 g/mol. The van der Waals surface area contributed by atoms with Gasteiger partial charge in [-0.05, 0) is 58.9 Å². The Balaban J connectivity index is 1.88. The summed E-state index contributed by atoms with van der Waals surface area (Å²) in [5.74, 6) is 0. The predicted octanol–water partition coefficient (Wildman–Crippen LogP) is 3.06. The summed E-state index contributed by atoms with van der Waals surface area (Å²) in [7, 11) is 0. The Morgan fingerprint density at radius 1 is 1.37 bits per heavy atom. The van der Waals surface area contributed by atoms with Crippen molar-refractivity contribution in [1.29, 1.82) is 5.26 Å². The Kier molecular flexibility index (Phi) is 4.86. The lowest BCUT2D eigenvalue weighted by Gasteiger charge is -2.34. The summed E-state index contributed by atoms with van der Waals surface area (Å²) in [6.07, 6.45) is 8.68. The van der Waals surface area contributed by atoms with E-state index in [0.717, 1.165) is 12.5 Å². The first-order chi connectivity index (χ1) is 9.08. The highest BCUT2D eigenvalue weighted by Gasteiger charge is 2.38. The number of nitrogens with one attached hydrogen (secondary N) is 1. The largest absolute Gasteiger partial charge is 0.298 e. The van der Waals surface area contributed by atoms with Gasteiger partial charge in [0.15, 0.2) is 0 Å². The number of nitriles is 1. The fourth-order valence-electron chi connectivity index (χ4n) is 3.03. The summed E-state index contributed by atoms with van der Waals surface area (Å²) in [6.45, 7) is 7.84. The summed E-state index contributed by atoms with van der Waals surface area (Å²) < 4.78 is 0. The molecule has 0 aromatic carbocycles. The van der Waals surface area contributed by atoms with Crippen molar-refractivity contribution in [3.8, 4) is 6.07 Å². The van der Waals surface area contributed by atoms with Crippen LogP contribution in [0, 0.1) is 11.3 Å². The standard InChI is InChI=1S/C16H29N3/c1-4-5-10-19(15-8-9-15)13(2)11-16(3,12-17)18-14-6-7-14/h13-15,18H,4-11H2,1-3H3. The van der Waals surface area contributed by atoms with Crippen LogP contribution >= 0.6 is 0 Å². The Bertz CT molecular complexity index is 327. The van der Waals surface area contributed by atoms with Crippen LogP contribution in [0.2, 0.25) is 0 Å². The second kappa shape index (κ2) is 6.24. The molecule has 2 aliphatic rings. The lowest BCUT2D eigenvalue weighted by Crippen LogP contribution is -2.48. The van der Waals surface area contributed by atoms with Crippen LogP contribution in [0.1, 0.15) is 65.7 Å². The van der Waals surface area contributed by atoms with Crippen LogP contribution in [-0.2, 0) is 0 Å². The first kappa shape index (κ1) is 14.8. The van der Waals surface area contributed by atoms with E-state index in [9.17, 15) is 5.26 Å². The topological polar surface area (TPSA) is 39.1 Å². The van der Waals surface area contributed by atoms with E-state index < -0.39 is 0 Å². The third-order valence-corrected chi connectivity index (χ3v) is 4.40. The Morgan fingerprint density at radius 3 is 2.53 bits per heavy atom. The monoisotopic (exact) mass is 263 g/mol. The maximum absolute atomic E-state index is 9.49. The summed E-state index contributed by atoms with van der Waals surface area (Å²) in [5.41, 5.74) is -0.347. The molecule has 0 aromatic heterocycles. The number of rotatable bonds is 9. The van der Waals surface area contributed by atoms with Gasteiger partial charge in [-0.2, -0.15) is 5.26 Å². The highest BCUT2D eigenvalue weighted by Crippen LogP contribution is 2.32. The van der Waals surface area contributed by atoms with E-state index in [2.05, 4.69) is 37.1 Å². The zero-order chi connectivity index (χ0) is 13.9. The minimum atomic E-state index is -0.347. The third kappa shape index (κ3) is 4.47. The molecule has 0 spiro atoms. The molecular formula is C16H29N3. The third-order valence-electron chi connectivity index (χ3n) is 4.40. The molecule has 1 N–H and O–H groups in total. The number of nitrogens with zero attached hydrogens (tertiary/aromatic N) is 2. The fraction of sp³-hybridized carbons (Fsp3) is 0.938. The first-order valence-electron chi connectivity index (χ1n) is 8.02. The van der Waals surface area contributed by atoms with Crippen molar-refractivity contribution in [2.45, 2.75) is 89.4 Å². The van der Waals surface area contributed by atoms with Gasteiger partial charge in [0.05, 0.1) is 6.07 Å². The molecule has 19 heavy (non-hydrogen) atoms. The average molecular weight is 263 g/mol. The van der Waals surface area contributed by atoms with Crippen LogP contribution in [0.3, 0.4) is 0 Å². The molecule has 0 aromatic rings. The van der Waals surface area contributed by atoms with E-state index in [1.807, 2.05) is 0 Å². The maximum Gasteiger partial charge on any atom is 0.105 e. The van der Waals surface area contributed by atoms with Crippen LogP contribution < -0.4 is 5.32 Å². The molecule has 2 unspecified atom stereocenters. The van der Waals surface area contributed by atoms with Crippen LogP contribution in [0.25, 0.3) is 0 Å². The minimum absolute atomic E-state index is 0.347. The number of hydrogen-bond donors (Lipinski definition) is 1.